The molecule has 0 saturated heterocycles. The summed E-state index contributed by atoms with van der Waals surface area (Å²) in [6.45, 7) is 7.17. The maximum Gasteiger partial charge on any atom is 0.499 e. The van der Waals surface area contributed by atoms with E-state index in [1.54, 1.807) is 6.92 Å². The molecule has 1 unspecified atom stereocenters. The van der Waals surface area contributed by atoms with E-state index in [2.05, 4.69) is 20.0 Å². The minimum atomic E-state index is -5.82. The minimum Gasteiger partial charge on any atom is -0.673 e. The molecule has 2 aromatic rings. The summed E-state index contributed by atoms with van der Waals surface area (Å²) < 4.78 is 65.6. The minimum absolute atomic E-state index is 0.0825. The van der Waals surface area contributed by atoms with Gasteiger partial charge in [0.25, 0.3) is 5.91 Å². The fraction of sp³-hybridized carbons (Fsp3) is 0.421. The van der Waals surface area contributed by atoms with Crippen LogP contribution in [-0.2, 0) is 0 Å². The van der Waals surface area contributed by atoms with Gasteiger partial charge in [-0.15, -0.1) is 5.54 Å². The summed E-state index contributed by atoms with van der Waals surface area (Å²) in [5.41, 5.74) is 7.24. The number of nitrogens with zero attached hydrogens (tertiary/aromatic N) is 2. The molecule has 11 heteroatoms. The predicted molar refractivity (Wildman–Crippen MR) is 100 cm³/mol. The second-order valence-corrected chi connectivity index (χ2v) is 7.22. The van der Waals surface area contributed by atoms with Crippen LogP contribution < -0.4 is 10.1 Å². The molecular weight excluding hydrogens is 411 g/mol. The zero-order chi connectivity index (χ0) is 23.2. The van der Waals surface area contributed by atoms with Crippen LogP contribution in [0.5, 0.6) is 5.75 Å². The molecule has 0 spiro atoms. The first-order valence-electron chi connectivity index (χ1n) is 8.65. The van der Waals surface area contributed by atoms with Gasteiger partial charge in [0.2, 0.25) is 0 Å². The zero-order valence-electron chi connectivity index (χ0n) is 16.7. The van der Waals surface area contributed by atoms with Gasteiger partial charge in [0, 0.05) is 12.4 Å². The van der Waals surface area contributed by atoms with E-state index in [1.807, 2.05) is 20.8 Å². The summed E-state index contributed by atoms with van der Waals surface area (Å²) in [7, 11) is 0. The van der Waals surface area contributed by atoms with E-state index in [0.717, 1.165) is 12.1 Å². The lowest BCUT2D eigenvalue weighted by Gasteiger charge is -2.20. The average Bonchev–Trinajstić information content (AvgIpc) is 2.60. The molecule has 0 aliphatic rings. The average molecular weight is 433 g/mol. The molecule has 0 aliphatic carbocycles. The number of amides is 1. The Balaban J connectivity index is 0.000000804. The van der Waals surface area contributed by atoms with Gasteiger partial charge in [-0.25, -0.2) is 4.98 Å². The Morgan fingerprint density at radius 1 is 1.07 bits per heavy atom. The fourth-order valence-corrected chi connectivity index (χ4v) is 1.80. The molecular formula is C19H22F5N4O2-. The van der Waals surface area contributed by atoms with Crippen molar-refractivity contribution in [1.82, 2.24) is 15.3 Å². The highest BCUT2D eigenvalue weighted by Crippen LogP contribution is 2.37. The summed E-state index contributed by atoms with van der Waals surface area (Å²) in [5.74, 6) is -1.16. The number of rotatable bonds is 5. The number of hydrogen-bond donors (Lipinski definition) is 1. The van der Waals surface area contributed by atoms with Gasteiger partial charge in [-0.1, -0.05) is 32.9 Å². The van der Waals surface area contributed by atoms with Crippen molar-refractivity contribution in [3.8, 4) is 5.75 Å². The Hall–Kier alpha value is -2.82. The van der Waals surface area contributed by atoms with Crippen LogP contribution in [0.3, 0.4) is 0 Å². The van der Waals surface area contributed by atoms with Crippen LogP contribution in [0.15, 0.2) is 42.9 Å². The first kappa shape index (κ1) is 25.2. The van der Waals surface area contributed by atoms with Crippen molar-refractivity contribution < 1.29 is 31.5 Å². The van der Waals surface area contributed by atoms with E-state index in [4.69, 9.17) is 5.73 Å². The van der Waals surface area contributed by atoms with Crippen molar-refractivity contribution in [3.05, 3.63) is 59.8 Å². The Labute approximate surface area is 170 Å². The normalized spacial score (nSPS) is 13.0. The van der Waals surface area contributed by atoms with Crippen molar-refractivity contribution in [3.63, 3.8) is 0 Å². The highest BCUT2D eigenvalue weighted by atomic mass is 19.4. The molecule has 0 aliphatic heterocycles. The van der Waals surface area contributed by atoms with Gasteiger partial charge in [0.05, 0.1) is 12.2 Å². The maximum atomic E-state index is 12.8. The van der Waals surface area contributed by atoms with Crippen LogP contribution in [0.2, 0.25) is 0 Å². The summed E-state index contributed by atoms with van der Waals surface area (Å²) in [6, 6.07) is 3.90. The summed E-state index contributed by atoms with van der Waals surface area (Å²) in [6.07, 6.45) is -7.11. The monoisotopic (exact) mass is 433 g/mol. The summed E-state index contributed by atoms with van der Waals surface area (Å²) >= 11 is 0. The number of nitrogens with one attached hydrogen (secondary N) is 2. The van der Waals surface area contributed by atoms with E-state index in [-0.39, 0.29) is 11.2 Å². The van der Waals surface area contributed by atoms with Crippen LogP contribution in [0.4, 0.5) is 22.0 Å². The number of benzene rings is 1. The Morgan fingerprint density at radius 2 is 1.60 bits per heavy atom. The molecule has 2 rings (SSSR count). The van der Waals surface area contributed by atoms with Gasteiger partial charge in [-0.05, 0) is 24.6 Å². The molecule has 1 atom stereocenters. The molecule has 166 valence electrons. The van der Waals surface area contributed by atoms with E-state index in [1.165, 1.54) is 30.7 Å². The molecule has 2 N–H and O–H groups in total. The Kier molecular flexibility index (Phi) is 8.23. The lowest BCUT2D eigenvalue weighted by molar-refractivity contribution is -0.360. The van der Waals surface area contributed by atoms with Gasteiger partial charge in [0.15, 0.2) is 0 Å². The molecule has 1 aromatic heterocycles. The van der Waals surface area contributed by atoms with Crippen LogP contribution in [0.1, 0.15) is 49.8 Å². The van der Waals surface area contributed by atoms with E-state index >= 15 is 0 Å². The molecule has 0 bridgehead atoms. The standard InChI is InChI=1S/C15H12F5N3O2.C4H10N/c1-9(23-13(24)12-8-21-6-7-22-12)10-2-4-11(5-3-10)25-15(19,20)14(16,17)18;1-4(2,3)5/h2-9H,1H3,(H,23,24);5H,1-3H3/q;-1. The number of halogens is 5. The largest absolute Gasteiger partial charge is 0.673 e. The number of carbonyl (C=O) groups is 1. The lowest BCUT2D eigenvalue weighted by Crippen LogP contribution is -2.41. The number of carbonyl (C=O) groups excluding carboxylic acids is 1. The third-order valence-electron chi connectivity index (χ3n) is 3.10. The van der Waals surface area contributed by atoms with Crippen molar-refractivity contribution >= 4 is 5.91 Å². The second kappa shape index (κ2) is 9.79. The van der Waals surface area contributed by atoms with Crippen molar-refractivity contribution in [2.75, 3.05) is 0 Å². The lowest BCUT2D eigenvalue weighted by atomic mass is 10.1. The number of hydrogen-bond acceptors (Lipinski definition) is 4. The first-order chi connectivity index (χ1) is 13.6. The Morgan fingerprint density at radius 3 is 2.03 bits per heavy atom. The van der Waals surface area contributed by atoms with Gasteiger partial charge < -0.3 is 15.8 Å². The topological polar surface area (TPSA) is 87.9 Å². The van der Waals surface area contributed by atoms with Gasteiger partial charge in [0.1, 0.15) is 11.4 Å². The van der Waals surface area contributed by atoms with Crippen LogP contribution in [-0.4, -0.2) is 33.7 Å². The van der Waals surface area contributed by atoms with Crippen molar-refractivity contribution in [1.29, 1.82) is 0 Å². The third-order valence-corrected chi connectivity index (χ3v) is 3.10. The van der Waals surface area contributed by atoms with Gasteiger partial charge in [-0.2, -0.15) is 22.0 Å². The van der Waals surface area contributed by atoms with E-state index in [9.17, 15) is 26.7 Å². The molecule has 30 heavy (non-hydrogen) atoms. The molecule has 0 saturated carbocycles. The molecule has 1 amide bonds. The van der Waals surface area contributed by atoms with Gasteiger partial charge >= 0.3 is 12.3 Å². The quantitative estimate of drug-likeness (QED) is 0.645. The van der Waals surface area contributed by atoms with Gasteiger partial charge in [-0.3, -0.25) is 9.78 Å². The maximum absolute atomic E-state index is 12.8. The summed E-state index contributed by atoms with van der Waals surface area (Å²) in [5, 5.41) is 2.59. The van der Waals surface area contributed by atoms with Crippen molar-refractivity contribution in [2.24, 2.45) is 0 Å². The van der Waals surface area contributed by atoms with Crippen LogP contribution >= 0.6 is 0 Å². The molecule has 0 radical (unpaired) electrons. The molecule has 6 nitrogen and oxygen atoms in total. The van der Waals surface area contributed by atoms with Crippen molar-refractivity contribution in [2.45, 2.75) is 51.6 Å². The zero-order valence-corrected chi connectivity index (χ0v) is 16.7. The van der Waals surface area contributed by atoms with Crippen LogP contribution in [0, 0.1) is 0 Å². The number of alkyl halides is 5. The number of aromatic nitrogens is 2. The highest BCUT2D eigenvalue weighted by Gasteiger charge is 2.61. The third kappa shape index (κ3) is 8.68. The summed E-state index contributed by atoms with van der Waals surface area (Å²) in [4.78, 5) is 19.5. The first-order valence-corrected chi connectivity index (χ1v) is 8.65. The van der Waals surface area contributed by atoms with E-state index < -0.39 is 30.0 Å². The predicted octanol–water partition coefficient (Wildman–Crippen LogP) is 5.34. The van der Waals surface area contributed by atoms with E-state index in [0.29, 0.717) is 5.56 Å². The molecule has 1 aromatic carbocycles. The fourth-order valence-electron chi connectivity index (χ4n) is 1.80. The van der Waals surface area contributed by atoms with Crippen LogP contribution in [0.25, 0.3) is 5.73 Å². The highest BCUT2D eigenvalue weighted by molar-refractivity contribution is 5.92. The number of ether oxygens (including phenoxy) is 1. The second-order valence-electron chi connectivity index (χ2n) is 7.22. The molecule has 0 fully saturated rings. The Bertz CT molecular complexity index is 800. The molecule has 1 heterocycles. The smallest absolute Gasteiger partial charge is 0.499 e. The SMILES string of the molecule is CC(C)(C)[NH-].CC(NC(=O)c1cnccn1)c1ccc(OC(F)(F)C(F)(F)F)cc1.